The van der Waals surface area contributed by atoms with Gasteiger partial charge in [0.1, 0.15) is 11.6 Å². The lowest BCUT2D eigenvalue weighted by atomic mass is 10.0. The summed E-state index contributed by atoms with van der Waals surface area (Å²) in [5, 5.41) is 0. The number of para-hydroxylation sites is 1. The van der Waals surface area contributed by atoms with Gasteiger partial charge < -0.3 is 9.72 Å². The predicted molar refractivity (Wildman–Crippen MR) is 110 cm³/mol. The second kappa shape index (κ2) is 7.98. The molecule has 0 bridgehead atoms. The second-order valence-corrected chi connectivity index (χ2v) is 7.21. The Kier molecular flexibility index (Phi) is 5.26. The number of fused-ring (bicyclic) bond motifs is 1. The van der Waals surface area contributed by atoms with Crippen molar-refractivity contribution in [1.29, 1.82) is 0 Å². The largest absolute Gasteiger partial charge is 0.494 e. The van der Waals surface area contributed by atoms with E-state index in [0.717, 1.165) is 41.2 Å². The maximum absolute atomic E-state index is 12.6. The molecule has 0 aliphatic carbocycles. The van der Waals surface area contributed by atoms with Crippen molar-refractivity contribution in [3.63, 3.8) is 0 Å². The fraction of sp³-hybridized carbons (Fsp3) is 0.304. The minimum atomic E-state index is -0.0186. The van der Waals surface area contributed by atoms with Gasteiger partial charge in [-0.3, -0.25) is 9.69 Å². The van der Waals surface area contributed by atoms with E-state index in [1.54, 1.807) is 0 Å². The molecule has 0 saturated heterocycles. The normalized spacial score (nSPS) is 13.9. The summed E-state index contributed by atoms with van der Waals surface area (Å²) in [7, 11) is 0. The van der Waals surface area contributed by atoms with Crippen LogP contribution in [0.5, 0.6) is 5.75 Å². The molecule has 2 aromatic carbocycles. The van der Waals surface area contributed by atoms with Crippen LogP contribution in [0, 0.1) is 6.92 Å². The van der Waals surface area contributed by atoms with E-state index in [9.17, 15) is 4.79 Å². The van der Waals surface area contributed by atoms with Crippen LogP contribution in [0.2, 0.25) is 0 Å². The fourth-order valence-corrected chi connectivity index (χ4v) is 3.65. The van der Waals surface area contributed by atoms with Gasteiger partial charge in [0.25, 0.3) is 5.56 Å². The molecule has 5 nitrogen and oxygen atoms in total. The molecule has 4 rings (SSSR count). The summed E-state index contributed by atoms with van der Waals surface area (Å²) in [6, 6.07) is 16.2. The molecule has 5 heteroatoms. The number of benzene rings is 2. The van der Waals surface area contributed by atoms with Crippen molar-refractivity contribution in [2.24, 2.45) is 0 Å². The van der Waals surface area contributed by atoms with Crippen LogP contribution in [0.3, 0.4) is 0 Å². The number of aromatic nitrogens is 2. The van der Waals surface area contributed by atoms with E-state index in [-0.39, 0.29) is 5.56 Å². The summed E-state index contributed by atoms with van der Waals surface area (Å²) in [6.45, 7) is 6.98. The Labute approximate surface area is 165 Å². The molecule has 1 aliphatic rings. The molecular formula is C23H25N3O2. The zero-order chi connectivity index (χ0) is 19.5. The summed E-state index contributed by atoms with van der Waals surface area (Å²) >= 11 is 0. The first-order valence-electron chi connectivity index (χ1n) is 9.76. The fourth-order valence-electron chi connectivity index (χ4n) is 3.65. The molecule has 1 aliphatic heterocycles. The van der Waals surface area contributed by atoms with Crippen LogP contribution in [0.15, 0.2) is 53.3 Å². The third-order valence-corrected chi connectivity index (χ3v) is 5.14. The first kappa shape index (κ1) is 18.4. The Morgan fingerprint density at radius 1 is 1.14 bits per heavy atom. The van der Waals surface area contributed by atoms with Gasteiger partial charge in [-0.25, -0.2) is 4.98 Å². The molecule has 0 amide bonds. The van der Waals surface area contributed by atoms with E-state index in [4.69, 9.17) is 9.72 Å². The topological polar surface area (TPSA) is 58.2 Å². The van der Waals surface area contributed by atoms with Crippen LogP contribution in [0.1, 0.15) is 29.3 Å². The van der Waals surface area contributed by atoms with Gasteiger partial charge in [-0.05, 0) is 26.3 Å². The molecule has 144 valence electrons. The third-order valence-electron chi connectivity index (χ3n) is 5.14. The van der Waals surface area contributed by atoms with Gasteiger partial charge in [0.05, 0.1) is 12.3 Å². The highest BCUT2D eigenvalue weighted by Gasteiger charge is 2.22. The van der Waals surface area contributed by atoms with Crippen molar-refractivity contribution in [2.75, 3.05) is 13.2 Å². The Bertz CT molecular complexity index is 1020. The Hall–Kier alpha value is -2.92. The predicted octanol–water partition coefficient (Wildman–Crippen LogP) is 3.70. The van der Waals surface area contributed by atoms with Gasteiger partial charge >= 0.3 is 0 Å². The summed E-state index contributed by atoms with van der Waals surface area (Å²) in [4.78, 5) is 22.7. The molecule has 0 saturated carbocycles. The molecule has 28 heavy (non-hydrogen) atoms. The van der Waals surface area contributed by atoms with Crippen molar-refractivity contribution in [3.05, 3.63) is 81.3 Å². The zero-order valence-corrected chi connectivity index (χ0v) is 16.4. The quantitative estimate of drug-likeness (QED) is 0.739. The maximum Gasteiger partial charge on any atom is 0.254 e. The van der Waals surface area contributed by atoms with Gasteiger partial charge in [0.15, 0.2) is 0 Å². The smallest absolute Gasteiger partial charge is 0.254 e. The Balaban J connectivity index is 1.59. The van der Waals surface area contributed by atoms with Crippen molar-refractivity contribution in [3.8, 4) is 17.1 Å². The lowest BCUT2D eigenvalue weighted by Crippen LogP contribution is -2.35. The van der Waals surface area contributed by atoms with Crippen LogP contribution in [-0.2, 0) is 19.5 Å². The summed E-state index contributed by atoms with van der Waals surface area (Å²) in [5.74, 6) is 1.57. The number of hydrogen-bond acceptors (Lipinski definition) is 4. The minimum Gasteiger partial charge on any atom is -0.494 e. The average Bonchev–Trinajstić information content (AvgIpc) is 2.70. The lowest BCUT2D eigenvalue weighted by Gasteiger charge is -2.28. The Morgan fingerprint density at radius 3 is 2.71 bits per heavy atom. The molecule has 0 fully saturated rings. The minimum absolute atomic E-state index is 0.0186. The summed E-state index contributed by atoms with van der Waals surface area (Å²) in [6.07, 6.45) is 0.711. The van der Waals surface area contributed by atoms with E-state index in [2.05, 4.69) is 16.0 Å². The van der Waals surface area contributed by atoms with Gasteiger partial charge in [0.2, 0.25) is 0 Å². The lowest BCUT2D eigenvalue weighted by molar-refractivity contribution is 0.234. The molecule has 1 N–H and O–H groups in total. The van der Waals surface area contributed by atoms with Gasteiger partial charge in [-0.15, -0.1) is 0 Å². The number of nitrogens with one attached hydrogen (secondary N) is 1. The SMILES string of the molecule is CCOc1ccccc1CN1CCc2c(nc(-c3ccc(C)cc3)[nH]c2=O)C1. The molecule has 0 atom stereocenters. The van der Waals surface area contributed by atoms with Gasteiger partial charge in [0, 0.05) is 36.3 Å². The molecule has 0 spiro atoms. The van der Waals surface area contributed by atoms with Crippen LogP contribution in [0.4, 0.5) is 0 Å². The zero-order valence-electron chi connectivity index (χ0n) is 16.4. The van der Waals surface area contributed by atoms with Crippen molar-refractivity contribution in [1.82, 2.24) is 14.9 Å². The van der Waals surface area contributed by atoms with Crippen LogP contribution < -0.4 is 10.3 Å². The summed E-state index contributed by atoms with van der Waals surface area (Å²) in [5.41, 5.74) is 4.95. The summed E-state index contributed by atoms with van der Waals surface area (Å²) < 4.78 is 5.76. The number of H-pyrrole nitrogens is 1. The molecule has 1 aromatic heterocycles. The molecule has 0 unspecified atom stereocenters. The van der Waals surface area contributed by atoms with E-state index >= 15 is 0 Å². The average molecular weight is 375 g/mol. The van der Waals surface area contributed by atoms with E-state index in [0.29, 0.717) is 25.4 Å². The number of aromatic amines is 1. The van der Waals surface area contributed by atoms with E-state index in [1.807, 2.05) is 56.3 Å². The third kappa shape index (κ3) is 3.85. The highest BCUT2D eigenvalue weighted by atomic mass is 16.5. The highest BCUT2D eigenvalue weighted by Crippen LogP contribution is 2.24. The molecule has 2 heterocycles. The highest BCUT2D eigenvalue weighted by molar-refractivity contribution is 5.55. The van der Waals surface area contributed by atoms with Gasteiger partial charge in [-0.1, -0.05) is 48.0 Å². The number of nitrogens with zero attached hydrogens (tertiary/aromatic N) is 2. The van der Waals surface area contributed by atoms with Crippen molar-refractivity contribution < 1.29 is 4.74 Å². The maximum atomic E-state index is 12.6. The second-order valence-electron chi connectivity index (χ2n) is 7.21. The standard InChI is InChI=1S/C23H25N3O2/c1-3-28-21-7-5-4-6-18(21)14-26-13-12-19-20(15-26)24-22(25-23(19)27)17-10-8-16(2)9-11-17/h4-11H,3,12-15H2,1-2H3,(H,24,25,27). The van der Waals surface area contributed by atoms with Crippen molar-refractivity contribution in [2.45, 2.75) is 33.4 Å². The number of rotatable bonds is 5. The van der Waals surface area contributed by atoms with E-state index < -0.39 is 0 Å². The first-order valence-corrected chi connectivity index (χ1v) is 9.76. The van der Waals surface area contributed by atoms with Gasteiger partial charge in [-0.2, -0.15) is 0 Å². The first-order chi connectivity index (χ1) is 13.6. The number of aryl methyl sites for hydroxylation is 1. The van der Waals surface area contributed by atoms with Crippen LogP contribution in [0.25, 0.3) is 11.4 Å². The van der Waals surface area contributed by atoms with Crippen molar-refractivity contribution >= 4 is 0 Å². The van der Waals surface area contributed by atoms with Crippen LogP contribution >= 0.6 is 0 Å². The monoisotopic (exact) mass is 375 g/mol. The van der Waals surface area contributed by atoms with E-state index in [1.165, 1.54) is 5.56 Å². The Morgan fingerprint density at radius 2 is 1.93 bits per heavy atom. The van der Waals surface area contributed by atoms with Crippen LogP contribution in [-0.4, -0.2) is 28.0 Å². The molecule has 3 aromatic rings. The molecule has 0 radical (unpaired) electrons. The molecular weight excluding hydrogens is 350 g/mol. The number of hydrogen-bond donors (Lipinski definition) is 1. The number of ether oxygens (including phenoxy) is 1.